The summed E-state index contributed by atoms with van der Waals surface area (Å²) in [6.45, 7) is 14.2. The lowest BCUT2D eigenvalue weighted by atomic mass is 9.79. The van der Waals surface area contributed by atoms with Crippen molar-refractivity contribution in [2.75, 3.05) is 13.3 Å². The average Bonchev–Trinajstić information content (AvgIpc) is 2.71. The van der Waals surface area contributed by atoms with Crippen LogP contribution in [0, 0.1) is 6.92 Å². The Morgan fingerprint density at radius 2 is 1.91 bits per heavy atom. The Morgan fingerprint density at radius 1 is 1.21 bits per heavy atom. The summed E-state index contributed by atoms with van der Waals surface area (Å²) in [5, 5.41) is 4.63. The van der Waals surface area contributed by atoms with E-state index in [0.717, 1.165) is 35.1 Å². The minimum atomic E-state index is -0.390. The van der Waals surface area contributed by atoms with Crippen molar-refractivity contribution in [2.45, 2.75) is 90.9 Å². The van der Waals surface area contributed by atoms with Gasteiger partial charge >= 0.3 is 11.6 Å². The molecule has 7 heteroatoms. The number of aryl methyl sites for hydroxylation is 1. The first-order valence-corrected chi connectivity index (χ1v) is 11.9. The summed E-state index contributed by atoms with van der Waals surface area (Å²) in [5.41, 5.74) is 2.57. The number of esters is 1. The maximum atomic E-state index is 12.9. The molecular weight excluding hydrogens is 420 g/mol. The van der Waals surface area contributed by atoms with Crippen molar-refractivity contribution in [1.29, 1.82) is 0 Å². The first kappa shape index (κ1) is 23.8. The molecule has 0 atom stereocenters. The van der Waals surface area contributed by atoms with Gasteiger partial charge in [0.25, 0.3) is 0 Å². The van der Waals surface area contributed by atoms with Crippen LogP contribution in [0.1, 0.15) is 70.6 Å². The highest BCUT2D eigenvalue weighted by Crippen LogP contribution is 2.38. The maximum absolute atomic E-state index is 12.9. The molecule has 0 radical (unpaired) electrons. The fraction of sp³-hybridized carbons (Fsp3) is 0.615. The van der Waals surface area contributed by atoms with Crippen molar-refractivity contribution < 1.29 is 18.7 Å². The number of carbonyl (C=O) groups is 1. The quantitative estimate of drug-likeness (QED) is 0.537. The topological polar surface area (TPSA) is 81.0 Å². The molecule has 2 aromatic rings. The summed E-state index contributed by atoms with van der Waals surface area (Å²) in [6.07, 6.45) is 2.50. The SMILES string of the molecule is CCOC(=O)CCc1c(C)c2ccc3c(c2oc1=O)CN(C1CC(C)(C)NC(C)(C)C1)CO3. The predicted octanol–water partition coefficient (Wildman–Crippen LogP) is 4.06. The molecule has 0 bridgehead atoms. The summed E-state index contributed by atoms with van der Waals surface area (Å²) in [7, 11) is 0. The number of carbonyl (C=O) groups excluding carboxylic acids is 1. The van der Waals surface area contributed by atoms with Gasteiger partial charge in [-0.15, -0.1) is 0 Å². The van der Waals surface area contributed by atoms with Gasteiger partial charge in [-0.05, 0) is 78.5 Å². The highest BCUT2D eigenvalue weighted by atomic mass is 16.5. The van der Waals surface area contributed by atoms with Crippen molar-refractivity contribution in [1.82, 2.24) is 10.2 Å². The van der Waals surface area contributed by atoms with Gasteiger partial charge in [-0.25, -0.2) is 4.79 Å². The molecule has 0 saturated carbocycles. The molecule has 3 heterocycles. The van der Waals surface area contributed by atoms with Gasteiger partial charge in [0.1, 0.15) is 18.1 Å². The van der Waals surface area contributed by atoms with E-state index in [1.54, 1.807) is 6.92 Å². The zero-order chi connectivity index (χ0) is 24.0. The number of rotatable bonds is 5. The van der Waals surface area contributed by atoms with Crippen LogP contribution in [0.2, 0.25) is 0 Å². The van der Waals surface area contributed by atoms with Crippen LogP contribution in [-0.2, 0) is 22.5 Å². The first-order chi connectivity index (χ1) is 15.5. The zero-order valence-electron chi connectivity index (χ0n) is 20.7. The smallest absolute Gasteiger partial charge is 0.339 e. The minimum Gasteiger partial charge on any atom is -0.478 e. The van der Waals surface area contributed by atoms with Gasteiger partial charge < -0.3 is 19.2 Å². The summed E-state index contributed by atoms with van der Waals surface area (Å²) in [5.74, 6) is 0.465. The maximum Gasteiger partial charge on any atom is 0.339 e. The molecule has 1 fully saturated rings. The van der Waals surface area contributed by atoms with Gasteiger partial charge in [0, 0.05) is 41.0 Å². The molecule has 0 aliphatic carbocycles. The van der Waals surface area contributed by atoms with E-state index in [4.69, 9.17) is 13.9 Å². The number of hydrogen-bond acceptors (Lipinski definition) is 7. The summed E-state index contributed by atoms with van der Waals surface area (Å²) in [4.78, 5) is 27.0. The van der Waals surface area contributed by atoms with Gasteiger partial charge in [-0.3, -0.25) is 9.69 Å². The molecule has 4 rings (SSSR count). The molecule has 1 aromatic carbocycles. The van der Waals surface area contributed by atoms with Crippen molar-refractivity contribution in [3.05, 3.63) is 39.2 Å². The lowest BCUT2D eigenvalue weighted by Crippen LogP contribution is -2.62. The second kappa shape index (κ2) is 8.76. The van der Waals surface area contributed by atoms with Crippen LogP contribution >= 0.6 is 0 Å². The van der Waals surface area contributed by atoms with Crippen LogP contribution in [0.25, 0.3) is 11.0 Å². The van der Waals surface area contributed by atoms with Gasteiger partial charge in [-0.1, -0.05) is 0 Å². The zero-order valence-corrected chi connectivity index (χ0v) is 20.7. The van der Waals surface area contributed by atoms with E-state index < -0.39 is 0 Å². The predicted molar refractivity (Wildman–Crippen MR) is 128 cm³/mol. The van der Waals surface area contributed by atoms with Crippen LogP contribution in [0.15, 0.2) is 21.3 Å². The van der Waals surface area contributed by atoms with E-state index in [1.165, 1.54) is 0 Å². The molecule has 2 aliphatic heterocycles. The minimum absolute atomic E-state index is 0.0302. The fourth-order valence-corrected chi connectivity index (χ4v) is 5.69. The molecule has 7 nitrogen and oxygen atoms in total. The number of hydrogen-bond donors (Lipinski definition) is 1. The molecule has 0 amide bonds. The Labute approximate surface area is 195 Å². The highest BCUT2D eigenvalue weighted by molar-refractivity contribution is 5.86. The van der Waals surface area contributed by atoms with Crippen LogP contribution in [0.4, 0.5) is 0 Å². The van der Waals surface area contributed by atoms with Crippen LogP contribution in [0.3, 0.4) is 0 Å². The van der Waals surface area contributed by atoms with E-state index in [9.17, 15) is 9.59 Å². The monoisotopic (exact) mass is 456 g/mol. The second-order valence-electron chi connectivity index (χ2n) is 10.7. The van der Waals surface area contributed by atoms with Gasteiger partial charge in [0.15, 0.2) is 0 Å². The van der Waals surface area contributed by atoms with Gasteiger partial charge in [-0.2, -0.15) is 0 Å². The van der Waals surface area contributed by atoms with Crippen LogP contribution in [-0.4, -0.2) is 41.3 Å². The Balaban J connectivity index is 1.65. The van der Waals surface area contributed by atoms with E-state index in [-0.39, 0.29) is 29.1 Å². The molecule has 180 valence electrons. The van der Waals surface area contributed by atoms with Gasteiger partial charge in [0.2, 0.25) is 0 Å². The summed E-state index contributed by atoms with van der Waals surface area (Å²) in [6, 6.07) is 4.27. The lowest BCUT2D eigenvalue weighted by Gasteiger charge is -2.50. The summed E-state index contributed by atoms with van der Waals surface area (Å²) >= 11 is 0. The van der Waals surface area contributed by atoms with Crippen LogP contribution < -0.4 is 15.7 Å². The Kier molecular flexibility index (Phi) is 6.31. The Hall–Kier alpha value is -2.38. The Morgan fingerprint density at radius 3 is 2.58 bits per heavy atom. The molecule has 0 unspecified atom stereocenters. The highest BCUT2D eigenvalue weighted by Gasteiger charge is 2.41. The Bertz CT molecular complexity index is 1100. The van der Waals surface area contributed by atoms with E-state index >= 15 is 0 Å². The van der Waals surface area contributed by atoms with Crippen molar-refractivity contribution in [3.63, 3.8) is 0 Å². The number of piperidine rings is 1. The lowest BCUT2D eigenvalue weighted by molar-refractivity contribution is -0.143. The molecule has 1 aromatic heterocycles. The number of nitrogens with one attached hydrogen (secondary N) is 1. The van der Waals surface area contributed by atoms with Crippen molar-refractivity contribution >= 4 is 16.9 Å². The molecule has 0 spiro atoms. The van der Waals surface area contributed by atoms with Crippen LogP contribution in [0.5, 0.6) is 5.75 Å². The van der Waals surface area contributed by atoms with E-state index in [1.807, 2.05) is 19.1 Å². The third-order valence-corrected chi connectivity index (χ3v) is 6.83. The fourth-order valence-electron chi connectivity index (χ4n) is 5.69. The van der Waals surface area contributed by atoms with Crippen molar-refractivity contribution in [2.24, 2.45) is 0 Å². The number of ether oxygens (including phenoxy) is 2. The number of fused-ring (bicyclic) bond motifs is 3. The van der Waals surface area contributed by atoms with Gasteiger partial charge in [0.05, 0.1) is 12.2 Å². The molecular formula is C26H36N2O5. The van der Waals surface area contributed by atoms with E-state index in [2.05, 4.69) is 37.9 Å². The standard InChI is InChI=1S/C26H36N2O5/c1-7-31-22(29)11-9-19-16(2)18-8-10-21-20(23(18)33-24(19)30)14-28(15-32-21)17-12-25(3,4)27-26(5,6)13-17/h8,10,17,27H,7,9,11-15H2,1-6H3. The largest absolute Gasteiger partial charge is 0.478 e. The first-order valence-electron chi connectivity index (χ1n) is 11.9. The molecule has 1 saturated heterocycles. The van der Waals surface area contributed by atoms with E-state index in [0.29, 0.717) is 43.5 Å². The number of nitrogens with zero attached hydrogens (tertiary/aromatic N) is 1. The third kappa shape index (κ3) is 4.94. The molecule has 33 heavy (non-hydrogen) atoms. The average molecular weight is 457 g/mol. The third-order valence-electron chi connectivity index (χ3n) is 6.83. The molecule has 2 aliphatic rings. The summed E-state index contributed by atoms with van der Waals surface area (Å²) < 4.78 is 17.0. The normalized spacial score (nSPS) is 20.3. The second-order valence-corrected chi connectivity index (χ2v) is 10.7. The molecule has 1 N–H and O–H groups in total. The number of benzene rings is 1. The van der Waals surface area contributed by atoms with Crippen molar-refractivity contribution in [3.8, 4) is 5.75 Å².